The maximum Gasteiger partial charge on any atom is 0.160 e. The van der Waals surface area contributed by atoms with E-state index >= 15 is 0 Å². The van der Waals surface area contributed by atoms with Gasteiger partial charge in [-0.05, 0) is 18.8 Å². The van der Waals surface area contributed by atoms with Crippen LogP contribution in [0.1, 0.15) is 12.8 Å². The lowest BCUT2D eigenvalue weighted by molar-refractivity contribution is -0.192. The number of hydrogen-bond acceptors (Lipinski definition) is 4. The van der Waals surface area contributed by atoms with Gasteiger partial charge in [0.05, 0.1) is 18.8 Å². The molecule has 5 atom stereocenters. The van der Waals surface area contributed by atoms with Crippen molar-refractivity contribution in [2.24, 2.45) is 11.8 Å². The Morgan fingerprint density at radius 3 is 2.50 bits per heavy atom. The van der Waals surface area contributed by atoms with Crippen molar-refractivity contribution >= 4 is 0 Å². The summed E-state index contributed by atoms with van der Waals surface area (Å²) >= 11 is 0. The summed E-state index contributed by atoms with van der Waals surface area (Å²) < 4.78 is 4.99. The first kappa shape index (κ1) is 8.44. The summed E-state index contributed by atoms with van der Waals surface area (Å²) in [5.74, 6) is -0.266. The van der Waals surface area contributed by atoms with Gasteiger partial charge in [0.2, 0.25) is 0 Å². The fourth-order valence-corrected chi connectivity index (χ4v) is 2.34. The van der Waals surface area contributed by atoms with Crippen molar-refractivity contribution in [3.63, 3.8) is 0 Å². The number of hydrogen-bond donors (Lipinski definition) is 3. The third kappa shape index (κ3) is 1.15. The molecule has 1 aliphatic carbocycles. The lowest BCUT2D eigenvalue weighted by Crippen LogP contribution is -2.40. The molecule has 0 aromatic carbocycles. The molecule has 0 aromatic heterocycles. The number of rotatable bonds is 0. The molecule has 3 unspecified atom stereocenters. The van der Waals surface area contributed by atoms with Crippen LogP contribution >= 0.6 is 0 Å². The highest BCUT2D eigenvalue weighted by atomic mass is 16.6. The summed E-state index contributed by atoms with van der Waals surface area (Å²) in [6, 6.07) is 0. The molecule has 1 heterocycles. The molecule has 70 valence electrons. The maximum absolute atomic E-state index is 9.49. The van der Waals surface area contributed by atoms with E-state index < -0.39 is 18.5 Å². The third-order valence-electron chi connectivity index (χ3n) is 2.98. The second kappa shape index (κ2) is 2.96. The average molecular weight is 174 g/mol. The first-order valence-electron chi connectivity index (χ1n) is 4.36. The standard InChI is InChI=1S/C8H14O4/c9-5-3-6(10)7-4(5)1-2-12-8(7)11/h4-11H,1-3H2/t4?,5-,6-,7?,8?/m1/s1. The minimum Gasteiger partial charge on any atom is -0.393 e. The van der Waals surface area contributed by atoms with Crippen molar-refractivity contribution in [3.8, 4) is 0 Å². The van der Waals surface area contributed by atoms with Crippen molar-refractivity contribution in [1.82, 2.24) is 0 Å². The predicted molar refractivity (Wildman–Crippen MR) is 40.2 cm³/mol. The quantitative estimate of drug-likeness (QED) is 0.444. The first-order chi connectivity index (χ1) is 5.70. The van der Waals surface area contributed by atoms with Crippen LogP contribution in [-0.2, 0) is 4.74 Å². The molecule has 0 radical (unpaired) electrons. The molecule has 3 N–H and O–H groups in total. The fraction of sp³-hybridized carbons (Fsp3) is 1.00. The topological polar surface area (TPSA) is 69.9 Å². The average Bonchev–Trinajstić information content (AvgIpc) is 2.29. The van der Waals surface area contributed by atoms with Gasteiger partial charge in [0.1, 0.15) is 0 Å². The van der Waals surface area contributed by atoms with Gasteiger partial charge in [-0.25, -0.2) is 0 Å². The van der Waals surface area contributed by atoms with E-state index in [0.29, 0.717) is 13.0 Å². The van der Waals surface area contributed by atoms with Gasteiger partial charge < -0.3 is 20.1 Å². The van der Waals surface area contributed by atoms with Gasteiger partial charge in [0.25, 0.3) is 0 Å². The van der Waals surface area contributed by atoms with Gasteiger partial charge in [-0.1, -0.05) is 0 Å². The Bertz CT molecular complexity index is 168. The molecule has 1 saturated heterocycles. The fourth-order valence-electron chi connectivity index (χ4n) is 2.34. The van der Waals surface area contributed by atoms with Crippen molar-refractivity contribution in [2.75, 3.05) is 6.61 Å². The van der Waals surface area contributed by atoms with Crippen LogP contribution in [0.25, 0.3) is 0 Å². The van der Waals surface area contributed by atoms with Gasteiger partial charge in [-0.3, -0.25) is 0 Å². The number of aliphatic hydroxyl groups is 3. The highest BCUT2D eigenvalue weighted by Gasteiger charge is 2.47. The van der Waals surface area contributed by atoms with E-state index in [1.807, 2.05) is 0 Å². The molecule has 0 bridgehead atoms. The van der Waals surface area contributed by atoms with Crippen LogP contribution < -0.4 is 0 Å². The second-order valence-corrected chi connectivity index (χ2v) is 3.66. The highest BCUT2D eigenvalue weighted by Crippen LogP contribution is 2.39. The van der Waals surface area contributed by atoms with Crippen LogP contribution in [0.15, 0.2) is 0 Å². The van der Waals surface area contributed by atoms with E-state index in [9.17, 15) is 15.3 Å². The summed E-state index contributed by atoms with van der Waals surface area (Å²) in [5, 5.41) is 28.3. The summed E-state index contributed by atoms with van der Waals surface area (Å²) in [6.45, 7) is 0.478. The third-order valence-corrected chi connectivity index (χ3v) is 2.98. The van der Waals surface area contributed by atoms with E-state index in [4.69, 9.17) is 4.74 Å². The molecule has 0 aromatic rings. The Balaban J connectivity index is 2.13. The second-order valence-electron chi connectivity index (χ2n) is 3.66. The van der Waals surface area contributed by atoms with Crippen LogP contribution in [0.5, 0.6) is 0 Å². The van der Waals surface area contributed by atoms with Gasteiger partial charge in [0.15, 0.2) is 6.29 Å². The summed E-state index contributed by atoms with van der Waals surface area (Å²) in [7, 11) is 0. The van der Waals surface area contributed by atoms with Crippen LogP contribution in [0.2, 0.25) is 0 Å². The van der Waals surface area contributed by atoms with Crippen molar-refractivity contribution in [1.29, 1.82) is 0 Å². The summed E-state index contributed by atoms with van der Waals surface area (Å²) in [6.07, 6.45) is -0.866. The largest absolute Gasteiger partial charge is 0.393 e. The minimum absolute atomic E-state index is 0.0174. The predicted octanol–water partition coefficient (Wildman–Crippen LogP) is -0.917. The zero-order valence-electron chi connectivity index (χ0n) is 6.76. The molecule has 2 rings (SSSR count). The summed E-state index contributed by atoms with van der Waals surface area (Å²) in [4.78, 5) is 0. The summed E-state index contributed by atoms with van der Waals surface area (Å²) in [5.41, 5.74) is 0. The Morgan fingerprint density at radius 1 is 1.08 bits per heavy atom. The zero-order valence-corrected chi connectivity index (χ0v) is 6.76. The Hall–Kier alpha value is -0.160. The molecule has 12 heavy (non-hydrogen) atoms. The van der Waals surface area contributed by atoms with Crippen molar-refractivity contribution < 1.29 is 20.1 Å². The van der Waals surface area contributed by atoms with E-state index in [2.05, 4.69) is 0 Å². The van der Waals surface area contributed by atoms with E-state index in [0.717, 1.165) is 6.42 Å². The SMILES string of the molecule is OC1OCCC2C1[C@H](O)C[C@H]2O. The minimum atomic E-state index is -0.893. The Kier molecular flexibility index (Phi) is 2.08. The Morgan fingerprint density at radius 2 is 1.83 bits per heavy atom. The van der Waals surface area contributed by atoms with Crippen molar-refractivity contribution in [2.45, 2.75) is 31.3 Å². The zero-order chi connectivity index (χ0) is 8.72. The van der Waals surface area contributed by atoms with Crippen LogP contribution in [-0.4, -0.2) is 40.4 Å². The number of aliphatic hydroxyl groups excluding tert-OH is 3. The molecule has 1 saturated carbocycles. The van der Waals surface area contributed by atoms with Gasteiger partial charge in [-0.15, -0.1) is 0 Å². The van der Waals surface area contributed by atoms with E-state index in [1.165, 1.54) is 0 Å². The molecule has 0 amide bonds. The molecule has 4 heteroatoms. The monoisotopic (exact) mass is 174 g/mol. The van der Waals surface area contributed by atoms with Crippen LogP contribution in [0, 0.1) is 11.8 Å². The van der Waals surface area contributed by atoms with Crippen LogP contribution in [0.4, 0.5) is 0 Å². The molecule has 2 fully saturated rings. The molecule has 2 aliphatic rings. The maximum atomic E-state index is 9.49. The lowest BCUT2D eigenvalue weighted by atomic mass is 9.88. The molecular weight excluding hydrogens is 160 g/mol. The van der Waals surface area contributed by atoms with Gasteiger partial charge in [0, 0.05) is 5.92 Å². The highest BCUT2D eigenvalue weighted by molar-refractivity contribution is 4.93. The van der Waals surface area contributed by atoms with E-state index in [1.54, 1.807) is 0 Å². The van der Waals surface area contributed by atoms with Crippen molar-refractivity contribution in [3.05, 3.63) is 0 Å². The first-order valence-corrected chi connectivity index (χ1v) is 4.36. The molecule has 4 nitrogen and oxygen atoms in total. The van der Waals surface area contributed by atoms with Gasteiger partial charge in [-0.2, -0.15) is 0 Å². The van der Waals surface area contributed by atoms with E-state index in [-0.39, 0.29) is 11.8 Å². The number of fused-ring (bicyclic) bond motifs is 1. The number of ether oxygens (including phenoxy) is 1. The van der Waals surface area contributed by atoms with Crippen LogP contribution in [0.3, 0.4) is 0 Å². The molecule has 1 aliphatic heterocycles. The lowest BCUT2D eigenvalue weighted by Gasteiger charge is -2.32. The Labute approximate surface area is 70.8 Å². The van der Waals surface area contributed by atoms with Gasteiger partial charge >= 0.3 is 0 Å². The smallest absolute Gasteiger partial charge is 0.160 e. The normalized spacial score (nSPS) is 53.8. The molecular formula is C8H14O4. The molecule has 0 spiro atoms.